The fraction of sp³-hybridized carbons (Fsp3) is 0.200. The quantitative estimate of drug-likeness (QED) is 0.370. The van der Waals surface area contributed by atoms with E-state index in [0.717, 1.165) is 42.2 Å². The van der Waals surface area contributed by atoms with Crippen molar-refractivity contribution in [2.24, 2.45) is 0 Å². The Bertz CT molecular complexity index is 1080. The number of oxazole rings is 1. The fourth-order valence-electron chi connectivity index (χ4n) is 3.20. The molecule has 5 heteroatoms. The maximum absolute atomic E-state index is 5.84. The summed E-state index contributed by atoms with van der Waals surface area (Å²) in [5.74, 6) is 2.46. The maximum atomic E-state index is 5.84. The second-order valence-electron chi connectivity index (χ2n) is 7.13. The van der Waals surface area contributed by atoms with Crippen LogP contribution in [0.2, 0.25) is 0 Å². The number of benzene rings is 2. The second-order valence-corrected chi connectivity index (χ2v) is 7.13. The summed E-state index contributed by atoms with van der Waals surface area (Å²) in [4.78, 5) is 8.70. The highest BCUT2D eigenvalue weighted by molar-refractivity contribution is 5.65. The van der Waals surface area contributed by atoms with E-state index in [1.165, 1.54) is 5.56 Å². The molecule has 2 aromatic heterocycles. The van der Waals surface area contributed by atoms with Crippen LogP contribution in [0.3, 0.4) is 0 Å². The Hall–Kier alpha value is -3.60. The van der Waals surface area contributed by atoms with Crippen molar-refractivity contribution in [1.82, 2.24) is 14.5 Å². The van der Waals surface area contributed by atoms with Gasteiger partial charge in [0, 0.05) is 25.0 Å². The van der Waals surface area contributed by atoms with Gasteiger partial charge in [-0.25, -0.2) is 9.97 Å². The summed E-state index contributed by atoms with van der Waals surface area (Å²) in [5.41, 5.74) is 3.17. The fourth-order valence-corrected chi connectivity index (χ4v) is 3.20. The molecular weight excluding hydrogens is 374 g/mol. The summed E-state index contributed by atoms with van der Waals surface area (Å²) in [6.07, 6.45) is 11.4. The van der Waals surface area contributed by atoms with E-state index in [2.05, 4.69) is 26.7 Å². The van der Waals surface area contributed by atoms with Crippen LogP contribution in [-0.4, -0.2) is 14.5 Å². The SMILES string of the molecule is Cc1nccn1CCCc1ccc(OCc2coc(C=Cc3ccccc3)n2)cc1. The lowest BCUT2D eigenvalue weighted by Crippen LogP contribution is -2.00. The average molecular weight is 399 g/mol. The molecule has 2 aromatic carbocycles. The number of hydrogen-bond acceptors (Lipinski definition) is 4. The molecule has 0 spiro atoms. The summed E-state index contributed by atoms with van der Waals surface area (Å²) < 4.78 is 13.5. The number of hydrogen-bond donors (Lipinski definition) is 0. The molecular formula is C25H25N3O2. The number of nitrogens with zero attached hydrogens (tertiary/aromatic N) is 3. The molecule has 2 heterocycles. The Morgan fingerprint density at radius 2 is 1.87 bits per heavy atom. The van der Waals surface area contributed by atoms with Gasteiger partial charge in [0.05, 0.1) is 0 Å². The maximum Gasteiger partial charge on any atom is 0.218 e. The molecule has 0 saturated carbocycles. The van der Waals surface area contributed by atoms with Gasteiger partial charge in [0.25, 0.3) is 0 Å². The van der Waals surface area contributed by atoms with Crippen LogP contribution < -0.4 is 4.74 Å². The van der Waals surface area contributed by atoms with Crippen molar-refractivity contribution in [3.8, 4) is 5.75 Å². The molecule has 0 bridgehead atoms. The van der Waals surface area contributed by atoms with Gasteiger partial charge < -0.3 is 13.7 Å². The predicted molar refractivity (Wildman–Crippen MR) is 118 cm³/mol. The van der Waals surface area contributed by atoms with Crippen molar-refractivity contribution in [2.45, 2.75) is 32.9 Å². The lowest BCUT2D eigenvalue weighted by molar-refractivity contribution is 0.301. The molecule has 0 unspecified atom stereocenters. The Morgan fingerprint density at radius 1 is 1.03 bits per heavy atom. The van der Waals surface area contributed by atoms with E-state index in [9.17, 15) is 0 Å². The normalized spacial score (nSPS) is 11.2. The van der Waals surface area contributed by atoms with Gasteiger partial charge in [-0.3, -0.25) is 0 Å². The molecule has 0 N–H and O–H groups in total. The standard InChI is InChI=1S/C25H25N3O2/c1-20-26-15-17-28(20)16-5-8-22-9-12-24(13-10-22)29-18-23-19-30-25(27-23)14-11-21-6-3-2-4-7-21/h2-4,6-7,9-15,17,19H,5,8,16,18H2,1H3. The van der Waals surface area contributed by atoms with Crippen molar-refractivity contribution in [3.05, 3.63) is 102 Å². The third-order valence-corrected chi connectivity index (χ3v) is 4.89. The molecule has 0 aliphatic heterocycles. The minimum absolute atomic E-state index is 0.377. The van der Waals surface area contributed by atoms with Crippen LogP contribution in [0.4, 0.5) is 0 Å². The zero-order valence-electron chi connectivity index (χ0n) is 17.1. The Morgan fingerprint density at radius 3 is 2.63 bits per heavy atom. The topological polar surface area (TPSA) is 53.1 Å². The van der Waals surface area contributed by atoms with Crippen molar-refractivity contribution >= 4 is 12.2 Å². The largest absolute Gasteiger partial charge is 0.487 e. The molecule has 152 valence electrons. The van der Waals surface area contributed by atoms with E-state index in [-0.39, 0.29) is 0 Å². The molecule has 0 saturated heterocycles. The number of aryl methyl sites for hydroxylation is 3. The Labute approximate surface area is 176 Å². The first-order chi connectivity index (χ1) is 14.8. The van der Waals surface area contributed by atoms with E-state index >= 15 is 0 Å². The van der Waals surface area contributed by atoms with Gasteiger partial charge in [-0.2, -0.15) is 0 Å². The Kier molecular flexibility index (Phi) is 6.40. The molecule has 4 aromatic rings. The first-order valence-corrected chi connectivity index (χ1v) is 10.1. The Balaban J connectivity index is 1.24. The lowest BCUT2D eigenvalue weighted by atomic mass is 10.1. The predicted octanol–water partition coefficient (Wildman–Crippen LogP) is 5.56. The summed E-state index contributed by atoms with van der Waals surface area (Å²) in [5, 5.41) is 0. The van der Waals surface area contributed by atoms with Gasteiger partial charge in [-0.1, -0.05) is 42.5 Å². The molecule has 0 amide bonds. The van der Waals surface area contributed by atoms with E-state index in [4.69, 9.17) is 9.15 Å². The van der Waals surface area contributed by atoms with E-state index in [1.807, 2.05) is 73.9 Å². The number of rotatable bonds is 9. The van der Waals surface area contributed by atoms with Crippen molar-refractivity contribution < 1.29 is 9.15 Å². The summed E-state index contributed by atoms with van der Waals surface area (Å²) in [6, 6.07) is 18.3. The number of aromatic nitrogens is 3. The van der Waals surface area contributed by atoms with Crippen molar-refractivity contribution in [3.63, 3.8) is 0 Å². The molecule has 0 atom stereocenters. The van der Waals surface area contributed by atoms with Crippen LogP contribution >= 0.6 is 0 Å². The van der Waals surface area contributed by atoms with Gasteiger partial charge >= 0.3 is 0 Å². The third-order valence-electron chi connectivity index (χ3n) is 4.89. The highest BCUT2D eigenvalue weighted by atomic mass is 16.5. The first-order valence-electron chi connectivity index (χ1n) is 10.1. The van der Waals surface area contributed by atoms with E-state index < -0.39 is 0 Å². The minimum Gasteiger partial charge on any atom is -0.487 e. The van der Waals surface area contributed by atoms with Gasteiger partial charge in [0.2, 0.25) is 5.89 Å². The highest BCUT2D eigenvalue weighted by Gasteiger charge is 2.03. The van der Waals surface area contributed by atoms with Crippen LogP contribution in [0.15, 0.2) is 77.7 Å². The van der Waals surface area contributed by atoms with Crippen LogP contribution in [0.1, 0.15) is 35.0 Å². The molecule has 30 heavy (non-hydrogen) atoms. The van der Waals surface area contributed by atoms with E-state index in [1.54, 1.807) is 6.26 Å². The highest BCUT2D eigenvalue weighted by Crippen LogP contribution is 2.16. The zero-order chi connectivity index (χ0) is 20.6. The minimum atomic E-state index is 0.377. The third kappa shape index (κ3) is 5.47. The molecule has 5 nitrogen and oxygen atoms in total. The number of imidazole rings is 1. The summed E-state index contributed by atoms with van der Waals surface area (Å²) in [7, 11) is 0. The van der Waals surface area contributed by atoms with Crippen molar-refractivity contribution in [2.75, 3.05) is 0 Å². The van der Waals surface area contributed by atoms with Crippen LogP contribution in [0, 0.1) is 6.92 Å². The van der Waals surface area contributed by atoms with Gasteiger partial charge in [-0.15, -0.1) is 0 Å². The van der Waals surface area contributed by atoms with Gasteiger partial charge in [-0.05, 0) is 49.1 Å². The molecule has 4 rings (SSSR count). The summed E-state index contributed by atoms with van der Waals surface area (Å²) in [6.45, 7) is 3.39. The van der Waals surface area contributed by atoms with Crippen LogP contribution in [0.25, 0.3) is 12.2 Å². The van der Waals surface area contributed by atoms with Gasteiger partial charge in [0.15, 0.2) is 0 Å². The first kappa shape index (κ1) is 19.7. The molecule has 0 fully saturated rings. The second kappa shape index (κ2) is 9.74. The van der Waals surface area contributed by atoms with Crippen molar-refractivity contribution in [1.29, 1.82) is 0 Å². The van der Waals surface area contributed by atoms with Crippen LogP contribution in [0.5, 0.6) is 5.75 Å². The monoisotopic (exact) mass is 399 g/mol. The number of ether oxygens (including phenoxy) is 1. The molecule has 0 aliphatic rings. The van der Waals surface area contributed by atoms with Crippen LogP contribution in [-0.2, 0) is 19.6 Å². The van der Waals surface area contributed by atoms with E-state index in [0.29, 0.717) is 12.5 Å². The van der Waals surface area contributed by atoms with Gasteiger partial charge in [0.1, 0.15) is 30.1 Å². The smallest absolute Gasteiger partial charge is 0.218 e. The zero-order valence-corrected chi connectivity index (χ0v) is 17.1. The summed E-state index contributed by atoms with van der Waals surface area (Å²) >= 11 is 0. The molecule has 0 radical (unpaired) electrons. The average Bonchev–Trinajstić information content (AvgIpc) is 3.41. The molecule has 0 aliphatic carbocycles. The lowest BCUT2D eigenvalue weighted by Gasteiger charge is -2.07.